The summed E-state index contributed by atoms with van der Waals surface area (Å²) in [6.07, 6.45) is 4.77. The van der Waals surface area contributed by atoms with Gasteiger partial charge in [-0.15, -0.1) is 24.0 Å². The molecule has 1 aromatic heterocycles. The molecule has 0 aromatic carbocycles. The van der Waals surface area contributed by atoms with Crippen LogP contribution in [0.5, 0.6) is 0 Å². The highest BCUT2D eigenvalue weighted by Gasteiger charge is 2.28. The highest BCUT2D eigenvalue weighted by molar-refractivity contribution is 14.0. The minimum Gasteiger partial charge on any atom is -0.357 e. The molecule has 6 heteroatoms. The third-order valence-electron chi connectivity index (χ3n) is 4.47. The number of hydrogen-bond donors (Lipinski definition) is 1. The molecular formula is C17H32IN5. The number of likely N-dealkylation sites (N-methyl/N-ethyl adjacent to an activating group) is 1. The van der Waals surface area contributed by atoms with Crippen LogP contribution in [0.15, 0.2) is 23.3 Å². The predicted molar refractivity (Wildman–Crippen MR) is 109 cm³/mol. The summed E-state index contributed by atoms with van der Waals surface area (Å²) in [4.78, 5) is 9.49. The fourth-order valence-electron chi connectivity index (χ4n) is 2.64. The summed E-state index contributed by atoms with van der Waals surface area (Å²) >= 11 is 0. The van der Waals surface area contributed by atoms with Crippen molar-refractivity contribution in [2.45, 2.75) is 45.3 Å². The number of guanidine groups is 1. The lowest BCUT2D eigenvalue weighted by Crippen LogP contribution is -2.40. The van der Waals surface area contributed by atoms with Gasteiger partial charge in [0, 0.05) is 44.6 Å². The molecule has 0 bridgehead atoms. The number of rotatable bonds is 7. The molecule has 1 N–H and O–H groups in total. The van der Waals surface area contributed by atoms with E-state index in [-0.39, 0.29) is 24.0 Å². The smallest absolute Gasteiger partial charge is 0.194 e. The molecule has 1 heterocycles. The van der Waals surface area contributed by atoms with Crippen molar-refractivity contribution in [1.82, 2.24) is 19.7 Å². The van der Waals surface area contributed by atoms with Gasteiger partial charge >= 0.3 is 0 Å². The van der Waals surface area contributed by atoms with E-state index in [1.54, 1.807) is 0 Å². The van der Waals surface area contributed by atoms with Gasteiger partial charge in [-0.25, -0.2) is 0 Å². The zero-order valence-electron chi connectivity index (χ0n) is 15.1. The second-order valence-corrected chi connectivity index (χ2v) is 6.41. The van der Waals surface area contributed by atoms with Crippen molar-refractivity contribution in [2.24, 2.45) is 12.0 Å². The number of aliphatic imine (C=N–C) groups is 1. The average Bonchev–Trinajstić information content (AvgIpc) is 3.27. The van der Waals surface area contributed by atoms with Gasteiger partial charge in [-0.3, -0.25) is 9.89 Å². The Kier molecular flexibility index (Phi) is 8.39. The summed E-state index contributed by atoms with van der Waals surface area (Å²) in [5.41, 5.74) is 1.29. The van der Waals surface area contributed by atoms with Crippen LogP contribution in [0.3, 0.4) is 0 Å². The first kappa shape index (κ1) is 20.3. The predicted octanol–water partition coefficient (Wildman–Crippen LogP) is 2.52. The summed E-state index contributed by atoms with van der Waals surface area (Å²) in [6, 6.07) is 5.52. The summed E-state index contributed by atoms with van der Waals surface area (Å²) in [6.45, 7) is 6.98. The van der Waals surface area contributed by atoms with E-state index in [0.29, 0.717) is 6.04 Å². The van der Waals surface area contributed by atoms with E-state index in [9.17, 15) is 0 Å². The van der Waals surface area contributed by atoms with Crippen LogP contribution in [0.4, 0.5) is 0 Å². The second-order valence-electron chi connectivity index (χ2n) is 6.41. The molecule has 1 atom stereocenters. The third-order valence-corrected chi connectivity index (χ3v) is 4.47. The molecule has 1 aromatic rings. The highest BCUT2D eigenvalue weighted by atomic mass is 127. The van der Waals surface area contributed by atoms with Crippen LogP contribution < -0.4 is 5.32 Å². The Balaban J connectivity index is 0.00000264. The molecule has 1 unspecified atom stereocenters. The fraction of sp³-hybridized carbons (Fsp3) is 0.706. The second kappa shape index (κ2) is 9.52. The molecule has 5 nitrogen and oxygen atoms in total. The maximum Gasteiger partial charge on any atom is 0.194 e. The van der Waals surface area contributed by atoms with Crippen LogP contribution in [-0.2, 0) is 13.6 Å². The Morgan fingerprint density at radius 1 is 1.43 bits per heavy atom. The Bertz CT molecular complexity index is 495. The molecule has 1 aliphatic carbocycles. The van der Waals surface area contributed by atoms with Gasteiger partial charge in [0.25, 0.3) is 0 Å². The molecule has 2 rings (SSSR count). The number of nitrogens with one attached hydrogen (secondary N) is 1. The quantitative estimate of drug-likeness (QED) is 0.408. The van der Waals surface area contributed by atoms with E-state index in [4.69, 9.17) is 4.99 Å². The number of aryl methyl sites for hydroxylation is 1. The van der Waals surface area contributed by atoms with Crippen molar-refractivity contribution in [3.63, 3.8) is 0 Å². The van der Waals surface area contributed by atoms with Gasteiger partial charge in [0.2, 0.25) is 0 Å². The van der Waals surface area contributed by atoms with Crippen molar-refractivity contribution >= 4 is 29.9 Å². The molecule has 0 spiro atoms. The Morgan fingerprint density at radius 2 is 2.13 bits per heavy atom. The first-order valence-electron chi connectivity index (χ1n) is 8.34. The Labute approximate surface area is 158 Å². The van der Waals surface area contributed by atoms with E-state index in [2.05, 4.69) is 73.0 Å². The normalized spacial score (nSPS) is 16.2. The fourth-order valence-corrected chi connectivity index (χ4v) is 2.64. The lowest BCUT2D eigenvalue weighted by Gasteiger charge is -2.25. The maximum atomic E-state index is 4.84. The lowest BCUT2D eigenvalue weighted by atomic mass is 10.3. The van der Waals surface area contributed by atoms with E-state index >= 15 is 0 Å². The molecule has 0 aliphatic heterocycles. The first-order valence-corrected chi connectivity index (χ1v) is 8.34. The van der Waals surface area contributed by atoms with Gasteiger partial charge < -0.3 is 14.8 Å². The minimum atomic E-state index is 0. The molecule has 0 radical (unpaired) electrons. The SMILES string of the molecule is CCNC(=NCC(C)N(C)C1CC1)N(C)Cc1cccn1C.I. The molecule has 0 amide bonds. The molecule has 0 saturated heterocycles. The number of halogens is 1. The van der Waals surface area contributed by atoms with Crippen LogP contribution in [0, 0.1) is 0 Å². The van der Waals surface area contributed by atoms with Crippen molar-refractivity contribution in [1.29, 1.82) is 0 Å². The molecule has 1 fully saturated rings. The number of hydrogen-bond acceptors (Lipinski definition) is 2. The summed E-state index contributed by atoms with van der Waals surface area (Å²) in [5.74, 6) is 0.986. The Hall–Kier alpha value is -0.760. The molecule has 1 aliphatic rings. The van der Waals surface area contributed by atoms with Crippen molar-refractivity contribution < 1.29 is 0 Å². The topological polar surface area (TPSA) is 35.8 Å². The molecule has 23 heavy (non-hydrogen) atoms. The molecule has 1 saturated carbocycles. The summed E-state index contributed by atoms with van der Waals surface area (Å²) in [7, 11) is 6.40. The maximum absolute atomic E-state index is 4.84. The van der Waals surface area contributed by atoms with Crippen molar-refractivity contribution in [2.75, 3.05) is 27.2 Å². The Morgan fingerprint density at radius 3 is 2.65 bits per heavy atom. The standard InChI is InChI=1S/C17H31N5.HI/c1-6-18-17(19-12-14(2)22(5)15-9-10-15)21(4)13-16-8-7-11-20(16)3;/h7-8,11,14-15H,6,9-10,12-13H2,1-5H3,(H,18,19);1H. The van der Waals surface area contributed by atoms with E-state index < -0.39 is 0 Å². The largest absolute Gasteiger partial charge is 0.357 e. The van der Waals surface area contributed by atoms with Crippen LogP contribution in [0.2, 0.25) is 0 Å². The van der Waals surface area contributed by atoms with Crippen LogP contribution in [0.25, 0.3) is 0 Å². The zero-order chi connectivity index (χ0) is 16.1. The van der Waals surface area contributed by atoms with E-state index in [1.807, 2.05) is 0 Å². The first-order chi connectivity index (χ1) is 10.5. The molecule has 132 valence electrons. The van der Waals surface area contributed by atoms with E-state index in [0.717, 1.165) is 31.6 Å². The van der Waals surface area contributed by atoms with Crippen LogP contribution in [-0.4, -0.2) is 59.6 Å². The number of nitrogens with zero attached hydrogens (tertiary/aromatic N) is 4. The lowest BCUT2D eigenvalue weighted by molar-refractivity contribution is 0.252. The van der Waals surface area contributed by atoms with Gasteiger partial charge in [-0.05, 0) is 45.9 Å². The summed E-state index contributed by atoms with van der Waals surface area (Å²) in [5, 5.41) is 3.40. The van der Waals surface area contributed by atoms with Gasteiger partial charge in [-0.1, -0.05) is 0 Å². The van der Waals surface area contributed by atoms with Crippen molar-refractivity contribution in [3.8, 4) is 0 Å². The van der Waals surface area contributed by atoms with Gasteiger partial charge in [0.05, 0.1) is 13.1 Å². The van der Waals surface area contributed by atoms with Gasteiger partial charge in [-0.2, -0.15) is 0 Å². The van der Waals surface area contributed by atoms with Crippen molar-refractivity contribution in [3.05, 3.63) is 24.0 Å². The average molecular weight is 433 g/mol. The van der Waals surface area contributed by atoms with E-state index in [1.165, 1.54) is 18.5 Å². The van der Waals surface area contributed by atoms with Gasteiger partial charge in [0.15, 0.2) is 5.96 Å². The van der Waals surface area contributed by atoms with Crippen LogP contribution in [0.1, 0.15) is 32.4 Å². The van der Waals surface area contributed by atoms with Gasteiger partial charge in [0.1, 0.15) is 0 Å². The summed E-state index contributed by atoms with van der Waals surface area (Å²) < 4.78 is 2.16. The monoisotopic (exact) mass is 433 g/mol. The third kappa shape index (κ3) is 5.99. The minimum absolute atomic E-state index is 0. The van der Waals surface area contributed by atoms with Crippen LogP contribution >= 0.6 is 24.0 Å². The number of aromatic nitrogens is 1. The zero-order valence-corrected chi connectivity index (χ0v) is 17.4. The molecular weight excluding hydrogens is 401 g/mol. The highest BCUT2D eigenvalue weighted by Crippen LogP contribution is 2.26.